The Morgan fingerprint density at radius 3 is 2.33 bits per heavy atom. The summed E-state index contributed by atoms with van der Waals surface area (Å²) < 4.78 is 5.78. The summed E-state index contributed by atoms with van der Waals surface area (Å²) >= 11 is 0. The van der Waals surface area contributed by atoms with Crippen LogP contribution in [0.4, 0.5) is 5.69 Å². The van der Waals surface area contributed by atoms with Gasteiger partial charge in [0.25, 0.3) is 5.69 Å². The van der Waals surface area contributed by atoms with E-state index in [4.69, 9.17) is 9.84 Å². The molecule has 0 aromatic heterocycles. The number of carbonyl (C=O) groups is 1. The van der Waals surface area contributed by atoms with E-state index in [9.17, 15) is 14.9 Å². The summed E-state index contributed by atoms with van der Waals surface area (Å²) in [6.45, 7) is 6.89. The largest absolute Gasteiger partial charge is 0.492 e. The van der Waals surface area contributed by atoms with Crippen molar-refractivity contribution in [2.45, 2.75) is 39.4 Å². The molecule has 7 heteroatoms. The van der Waals surface area contributed by atoms with Crippen LogP contribution in [0.2, 0.25) is 0 Å². The number of para-hydroxylation sites is 1. The minimum absolute atomic E-state index is 0.00367. The molecule has 27 heavy (non-hydrogen) atoms. The molecule has 0 fully saturated rings. The quantitative estimate of drug-likeness (QED) is 0.529. The lowest BCUT2D eigenvalue weighted by Gasteiger charge is -2.32. The molecule has 0 amide bonds. The molecule has 1 atom stereocenters. The van der Waals surface area contributed by atoms with Crippen LogP contribution < -0.4 is 4.74 Å². The number of nitro groups is 1. The molecule has 0 spiro atoms. The maximum absolute atomic E-state index is 11.2. The first kappa shape index (κ1) is 20.4. The highest BCUT2D eigenvalue weighted by atomic mass is 16.6. The first-order valence-electron chi connectivity index (χ1n) is 8.73. The van der Waals surface area contributed by atoms with E-state index in [1.165, 1.54) is 18.2 Å². The Hall–Kier alpha value is -2.93. The minimum atomic E-state index is -0.981. The highest BCUT2D eigenvalue weighted by Gasteiger charge is 2.22. The van der Waals surface area contributed by atoms with Crippen molar-refractivity contribution in [3.8, 4) is 5.75 Å². The Morgan fingerprint density at radius 2 is 1.78 bits per heavy atom. The van der Waals surface area contributed by atoms with Crippen LogP contribution in [0, 0.1) is 10.1 Å². The van der Waals surface area contributed by atoms with Crippen molar-refractivity contribution in [3.63, 3.8) is 0 Å². The van der Waals surface area contributed by atoms with Crippen molar-refractivity contribution < 1.29 is 19.6 Å². The van der Waals surface area contributed by atoms with Crippen LogP contribution in [0.1, 0.15) is 36.7 Å². The van der Waals surface area contributed by atoms with E-state index in [-0.39, 0.29) is 28.3 Å². The zero-order valence-corrected chi connectivity index (χ0v) is 15.7. The molecule has 0 radical (unpaired) electrons. The van der Waals surface area contributed by atoms with Gasteiger partial charge in [0.15, 0.2) is 0 Å². The number of benzene rings is 2. The van der Waals surface area contributed by atoms with Gasteiger partial charge in [0.05, 0.1) is 10.5 Å². The maximum atomic E-state index is 11.2. The summed E-state index contributed by atoms with van der Waals surface area (Å²) in [7, 11) is 0. The molecule has 7 nitrogen and oxygen atoms in total. The SMILES string of the molecule is CC(C)N(Cc1ccccc1[N+](=O)[O-])[C@@H](C)COc1ccc(C(=O)O)cc1. The minimum Gasteiger partial charge on any atom is -0.492 e. The summed E-state index contributed by atoms with van der Waals surface area (Å²) in [4.78, 5) is 23.9. The van der Waals surface area contributed by atoms with E-state index < -0.39 is 5.97 Å². The van der Waals surface area contributed by atoms with E-state index >= 15 is 0 Å². The van der Waals surface area contributed by atoms with Gasteiger partial charge in [-0.25, -0.2) is 4.79 Å². The summed E-state index contributed by atoms with van der Waals surface area (Å²) in [5, 5.41) is 20.2. The van der Waals surface area contributed by atoms with E-state index in [1.54, 1.807) is 30.3 Å². The normalized spacial score (nSPS) is 12.2. The van der Waals surface area contributed by atoms with E-state index in [2.05, 4.69) is 4.90 Å². The smallest absolute Gasteiger partial charge is 0.335 e. The molecule has 144 valence electrons. The van der Waals surface area contributed by atoms with E-state index in [1.807, 2.05) is 20.8 Å². The van der Waals surface area contributed by atoms with Crippen LogP contribution in [0.5, 0.6) is 5.75 Å². The predicted octanol–water partition coefficient (Wildman–Crippen LogP) is 3.97. The Labute approximate surface area is 158 Å². The monoisotopic (exact) mass is 372 g/mol. The maximum Gasteiger partial charge on any atom is 0.335 e. The fraction of sp³-hybridized carbons (Fsp3) is 0.350. The molecule has 1 N–H and O–H groups in total. The molecule has 0 saturated heterocycles. The van der Waals surface area contributed by atoms with Crippen molar-refractivity contribution in [2.75, 3.05) is 6.61 Å². The number of nitro benzene ring substituents is 1. The summed E-state index contributed by atoms with van der Waals surface area (Å²) in [6, 6.07) is 13.1. The number of nitrogens with zero attached hydrogens (tertiary/aromatic N) is 2. The number of ether oxygens (including phenoxy) is 1. The molecule has 0 bridgehead atoms. The highest BCUT2D eigenvalue weighted by Crippen LogP contribution is 2.22. The predicted molar refractivity (Wildman–Crippen MR) is 102 cm³/mol. The van der Waals surface area contributed by atoms with Gasteiger partial charge < -0.3 is 9.84 Å². The van der Waals surface area contributed by atoms with Gasteiger partial charge >= 0.3 is 5.97 Å². The molecule has 0 unspecified atom stereocenters. The van der Waals surface area contributed by atoms with Crippen molar-refractivity contribution in [1.29, 1.82) is 0 Å². The van der Waals surface area contributed by atoms with E-state index in [0.29, 0.717) is 24.5 Å². The van der Waals surface area contributed by atoms with Crippen LogP contribution in [0.15, 0.2) is 48.5 Å². The molecular formula is C20H24N2O5. The van der Waals surface area contributed by atoms with Gasteiger partial charge in [-0.15, -0.1) is 0 Å². The van der Waals surface area contributed by atoms with Crippen LogP contribution in [-0.2, 0) is 6.54 Å². The third-order valence-corrected chi connectivity index (χ3v) is 4.36. The lowest BCUT2D eigenvalue weighted by Crippen LogP contribution is -2.41. The van der Waals surface area contributed by atoms with Crippen LogP contribution in [0.3, 0.4) is 0 Å². The standard InChI is InChI=1S/C20H24N2O5/c1-14(2)21(12-17-6-4-5-7-19(17)22(25)26)15(3)13-27-18-10-8-16(9-11-18)20(23)24/h4-11,14-15H,12-13H2,1-3H3,(H,23,24)/t15-/m0/s1. The Kier molecular flexibility index (Phi) is 6.90. The number of carboxylic acid groups (broad SMARTS) is 1. The number of hydrogen-bond acceptors (Lipinski definition) is 5. The number of aromatic carboxylic acids is 1. The Bertz CT molecular complexity index is 789. The van der Waals surface area contributed by atoms with Gasteiger partial charge in [-0.1, -0.05) is 18.2 Å². The molecule has 0 aliphatic heterocycles. The summed E-state index contributed by atoms with van der Waals surface area (Å²) in [5.41, 5.74) is 0.977. The average molecular weight is 372 g/mol. The third-order valence-electron chi connectivity index (χ3n) is 4.36. The molecule has 2 aromatic carbocycles. The number of carboxylic acids is 1. The number of hydrogen-bond donors (Lipinski definition) is 1. The number of rotatable bonds is 9. The van der Waals surface area contributed by atoms with Gasteiger partial charge in [0.2, 0.25) is 0 Å². The summed E-state index contributed by atoms with van der Waals surface area (Å²) in [6.07, 6.45) is 0. The van der Waals surface area contributed by atoms with Crippen LogP contribution in [0.25, 0.3) is 0 Å². The van der Waals surface area contributed by atoms with E-state index in [0.717, 1.165) is 0 Å². The van der Waals surface area contributed by atoms with Crippen LogP contribution in [-0.4, -0.2) is 39.6 Å². The first-order valence-corrected chi connectivity index (χ1v) is 8.73. The highest BCUT2D eigenvalue weighted by molar-refractivity contribution is 5.87. The second kappa shape index (κ2) is 9.14. The fourth-order valence-corrected chi connectivity index (χ4v) is 2.87. The zero-order chi connectivity index (χ0) is 20.0. The molecule has 0 aliphatic carbocycles. The Balaban J connectivity index is 2.06. The molecule has 0 aliphatic rings. The van der Waals surface area contributed by atoms with Crippen LogP contribution >= 0.6 is 0 Å². The second-order valence-corrected chi connectivity index (χ2v) is 6.64. The van der Waals surface area contributed by atoms with Crippen molar-refractivity contribution >= 4 is 11.7 Å². The molecule has 2 aromatic rings. The summed E-state index contributed by atoms with van der Waals surface area (Å²) in [5.74, 6) is -0.397. The molecule has 0 heterocycles. The first-order chi connectivity index (χ1) is 12.8. The van der Waals surface area contributed by atoms with Gasteiger partial charge in [-0.05, 0) is 45.0 Å². The molecule has 0 saturated carbocycles. The molecule has 2 rings (SSSR count). The lowest BCUT2D eigenvalue weighted by atomic mass is 10.1. The third kappa shape index (κ3) is 5.52. The van der Waals surface area contributed by atoms with Gasteiger partial charge in [0.1, 0.15) is 12.4 Å². The van der Waals surface area contributed by atoms with Gasteiger partial charge in [-0.2, -0.15) is 0 Å². The zero-order valence-electron chi connectivity index (χ0n) is 15.7. The average Bonchev–Trinajstić information content (AvgIpc) is 2.64. The lowest BCUT2D eigenvalue weighted by molar-refractivity contribution is -0.385. The molecular weight excluding hydrogens is 348 g/mol. The Morgan fingerprint density at radius 1 is 1.15 bits per heavy atom. The topological polar surface area (TPSA) is 92.9 Å². The van der Waals surface area contributed by atoms with Gasteiger partial charge in [-0.3, -0.25) is 15.0 Å². The fourth-order valence-electron chi connectivity index (χ4n) is 2.87. The van der Waals surface area contributed by atoms with Gasteiger partial charge in [0, 0.05) is 30.3 Å². The van der Waals surface area contributed by atoms with Crippen molar-refractivity contribution in [3.05, 3.63) is 69.8 Å². The second-order valence-electron chi connectivity index (χ2n) is 6.64. The van der Waals surface area contributed by atoms with Crippen molar-refractivity contribution in [2.24, 2.45) is 0 Å². The van der Waals surface area contributed by atoms with Crippen molar-refractivity contribution in [1.82, 2.24) is 4.90 Å².